The fourth-order valence-corrected chi connectivity index (χ4v) is 3.42. The summed E-state index contributed by atoms with van der Waals surface area (Å²) in [6.45, 7) is 0. The van der Waals surface area contributed by atoms with Gasteiger partial charge in [-0.3, -0.25) is 4.79 Å². The summed E-state index contributed by atoms with van der Waals surface area (Å²) in [7, 11) is 3.28. The number of hydrogen-bond acceptors (Lipinski definition) is 4. The zero-order valence-electron chi connectivity index (χ0n) is 13.6. The first-order valence-electron chi connectivity index (χ1n) is 7.57. The molecule has 24 heavy (non-hydrogen) atoms. The summed E-state index contributed by atoms with van der Waals surface area (Å²) in [5.41, 5.74) is 2.83. The Morgan fingerprint density at radius 2 is 1.33 bits per heavy atom. The van der Waals surface area contributed by atoms with E-state index < -0.39 is 0 Å². The van der Waals surface area contributed by atoms with Crippen LogP contribution in [0.5, 0.6) is 11.5 Å². The van der Waals surface area contributed by atoms with E-state index >= 15 is 0 Å². The van der Waals surface area contributed by atoms with Gasteiger partial charge in [-0.2, -0.15) is 0 Å². The molecule has 3 nitrogen and oxygen atoms in total. The fraction of sp³-hybridized carbons (Fsp3) is 0.150. The van der Waals surface area contributed by atoms with Crippen molar-refractivity contribution in [2.24, 2.45) is 0 Å². The summed E-state index contributed by atoms with van der Waals surface area (Å²) in [6, 6.07) is 15.4. The standard InChI is InChI=1S/C20H18O3S/c1-22-17-7-3-14(4-8-17)11-16-13-24-19(20(16)21)12-15-5-9-18(23-2)10-6-15/h3-12H,13H2,1-2H3/b16-11+,19-12-. The topological polar surface area (TPSA) is 35.5 Å². The average molecular weight is 338 g/mol. The van der Waals surface area contributed by atoms with Gasteiger partial charge >= 0.3 is 0 Å². The third kappa shape index (κ3) is 3.71. The summed E-state index contributed by atoms with van der Waals surface area (Å²) in [5.74, 6) is 2.42. The highest BCUT2D eigenvalue weighted by atomic mass is 32.2. The zero-order valence-corrected chi connectivity index (χ0v) is 14.4. The van der Waals surface area contributed by atoms with Gasteiger partial charge in [-0.1, -0.05) is 24.3 Å². The van der Waals surface area contributed by atoms with Crippen molar-refractivity contribution in [2.75, 3.05) is 20.0 Å². The molecule has 0 atom stereocenters. The van der Waals surface area contributed by atoms with Crippen molar-refractivity contribution < 1.29 is 14.3 Å². The van der Waals surface area contributed by atoms with Gasteiger partial charge in [0.1, 0.15) is 11.5 Å². The molecule has 0 spiro atoms. The number of allylic oxidation sites excluding steroid dienone is 1. The third-order valence-corrected chi connectivity index (χ3v) is 4.84. The molecule has 0 aliphatic carbocycles. The molecule has 0 bridgehead atoms. The van der Waals surface area contributed by atoms with E-state index in [1.54, 1.807) is 26.0 Å². The molecule has 0 amide bonds. The normalized spacial score (nSPS) is 17.5. The van der Waals surface area contributed by atoms with Crippen LogP contribution in [0.4, 0.5) is 0 Å². The van der Waals surface area contributed by atoms with E-state index in [2.05, 4.69) is 0 Å². The number of carbonyl (C=O) groups excluding carboxylic acids is 1. The molecule has 3 rings (SSSR count). The number of carbonyl (C=O) groups is 1. The number of ether oxygens (including phenoxy) is 2. The summed E-state index contributed by atoms with van der Waals surface area (Å²) in [6.07, 6.45) is 3.88. The van der Waals surface area contributed by atoms with E-state index in [1.807, 2.05) is 60.7 Å². The smallest absolute Gasteiger partial charge is 0.196 e. The molecule has 2 aromatic rings. The van der Waals surface area contributed by atoms with Crippen LogP contribution < -0.4 is 9.47 Å². The Balaban J connectivity index is 1.78. The van der Waals surface area contributed by atoms with E-state index in [4.69, 9.17) is 9.47 Å². The Morgan fingerprint density at radius 3 is 1.83 bits per heavy atom. The van der Waals surface area contributed by atoms with Crippen molar-refractivity contribution in [3.63, 3.8) is 0 Å². The number of methoxy groups -OCH3 is 2. The minimum absolute atomic E-state index is 0.103. The Kier molecular flexibility index (Phi) is 5.06. The zero-order chi connectivity index (χ0) is 16.9. The Labute approximate surface area is 146 Å². The van der Waals surface area contributed by atoms with Gasteiger partial charge in [-0.05, 0) is 47.5 Å². The van der Waals surface area contributed by atoms with Crippen LogP contribution in [0.2, 0.25) is 0 Å². The predicted molar refractivity (Wildman–Crippen MR) is 99.4 cm³/mol. The van der Waals surface area contributed by atoms with Gasteiger partial charge in [-0.15, -0.1) is 11.8 Å². The van der Waals surface area contributed by atoms with Gasteiger partial charge in [0.2, 0.25) is 0 Å². The first kappa shape index (κ1) is 16.4. The maximum Gasteiger partial charge on any atom is 0.196 e. The van der Waals surface area contributed by atoms with Crippen LogP contribution in [0.15, 0.2) is 59.0 Å². The minimum Gasteiger partial charge on any atom is -0.497 e. The molecular formula is C20H18O3S. The van der Waals surface area contributed by atoms with Gasteiger partial charge in [0.05, 0.1) is 19.1 Å². The third-order valence-electron chi connectivity index (χ3n) is 3.77. The maximum atomic E-state index is 12.6. The van der Waals surface area contributed by atoms with Crippen LogP contribution in [0.25, 0.3) is 12.2 Å². The lowest BCUT2D eigenvalue weighted by molar-refractivity contribution is -0.111. The van der Waals surface area contributed by atoms with Crippen molar-refractivity contribution in [3.8, 4) is 11.5 Å². The quantitative estimate of drug-likeness (QED) is 0.772. The van der Waals surface area contributed by atoms with Gasteiger partial charge in [0.15, 0.2) is 5.78 Å². The Hall–Kier alpha value is -2.46. The van der Waals surface area contributed by atoms with Crippen LogP contribution in [-0.4, -0.2) is 25.8 Å². The second kappa shape index (κ2) is 7.41. The number of ketones is 1. The van der Waals surface area contributed by atoms with Crippen LogP contribution in [0.1, 0.15) is 11.1 Å². The molecule has 4 heteroatoms. The van der Waals surface area contributed by atoms with Crippen LogP contribution in [-0.2, 0) is 4.79 Å². The van der Waals surface area contributed by atoms with Crippen LogP contribution in [0.3, 0.4) is 0 Å². The lowest BCUT2D eigenvalue weighted by Gasteiger charge is -2.01. The lowest BCUT2D eigenvalue weighted by Crippen LogP contribution is -1.96. The van der Waals surface area contributed by atoms with Crippen molar-refractivity contribution in [2.45, 2.75) is 0 Å². The Morgan fingerprint density at radius 1 is 0.833 bits per heavy atom. The molecule has 122 valence electrons. The largest absolute Gasteiger partial charge is 0.497 e. The van der Waals surface area contributed by atoms with Crippen LogP contribution in [0, 0.1) is 0 Å². The molecule has 1 fully saturated rings. The molecule has 0 radical (unpaired) electrons. The van der Waals surface area contributed by atoms with E-state index in [0.717, 1.165) is 33.1 Å². The average Bonchev–Trinajstić information content (AvgIpc) is 2.96. The van der Waals surface area contributed by atoms with Crippen molar-refractivity contribution in [1.82, 2.24) is 0 Å². The molecule has 1 saturated heterocycles. The van der Waals surface area contributed by atoms with Gasteiger partial charge in [0, 0.05) is 11.3 Å². The highest BCUT2D eigenvalue weighted by Crippen LogP contribution is 2.34. The second-order valence-corrected chi connectivity index (χ2v) is 6.36. The first-order chi connectivity index (χ1) is 11.7. The van der Waals surface area contributed by atoms with Crippen LogP contribution >= 0.6 is 11.8 Å². The summed E-state index contributed by atoms with van der Waals surface area (Å²) in [4.78, 5) is 13.3. The Bertz CT molecular complexity index is 719. The van der Waals surface area contributed by atoms with E-state index in [1.165, 1.54) is 0 Å². The molecule has 0 aromatic heterocycles. The molecule has 1 aliphatic heterocycles. The SMILES string of the molecule is COc1ccc(/C=C2\CS/C(=C\c3ccc(OC)cc3)C2=O)cc1. The maximum absolute atomic E-state index is 12.6. The number of thioether (sulfide) groups is 1. The highest BCUT2D eigenvalue weighted by molar-refractivity contribution is 8.05. The number of rotatable bonds is 4. The van der Waals surface area contributed by atoms with Crippen molar-refractivity contribution >= 4 is 29.7 Å². The molecule has 1 aliphatic rings. The van der Waals surface area contributed by atoms with E-state index in [-0.39, 0.29) is 5.78 Å². The van der Waals surface area contributed by atoms with Gasteiger partial charge < -0.3 is 9.47 Å². The van der Waals surface area contributed by atoms with E-state index in [0.29, 0.717) is 5.75 Å². The van der Waals surface area contributed by atoms with Gasteiger partial charge in [0.25, 0.3) is 0 Å². The van der Waals surface area contributed by atoms with E-state index in [9.17, 15) is 4.79 Å². The predicted octanol–water partition coefficient (Wildman–Crippen LogP) is 4.44. The minimum atomic E-state index is 0.103. The second-order valence-electron chi connectivity index (χ2n) is 5.34. The van der Waals surface area contributed by atoms with Crippen molar-refractivity contribution in [1.29, 1.82) is 0 Å². The van der Waals surface area contributed by atoms with Crippen molar-refractivity contribution in [3.05, 3.63) is 70.1 Å². The number of hydrogen-bond donors (Lipinski definition) is 0. The van der Waals surface area contributed by atoms with Gasteiger partial charge in [-0.25, -0.2) is 0 Å². The molecule has 0 N–H and O–H groups in total. The summed E-state index contributed by atoms with van der Waals surface area (Å²) >= 11 is 1.58. The number of benzene rings is 2. The summed E-state index contributed by atoms with van der Waals surface area (Å²) in [5, 5.41) is 0. The molecule has 1 heterocycles. The highest BCUT2D eigenvalue weighted by Gasteiger charge is 2.23. The monoisotopic (exact) mass is 338 g/mol. The molecule has 0 unspecified atom stereocenters. The molecule has 0 saturated carbocycles. The summed E-state index contributed by atoms with van der Waals surface area (Å²) < 4.78 is 10.3. The fourth-order valence-electron chi connectivity index (χ4n) is 2.41. The molecule has 2 aromatic carbocycles. The number of Topliss-reactive ketones (excluding diaryl/α,β-unsaturated/α-hetero) is 1. The molecular weight excluding hydrogens is 320 g/mol. The lowest BCUT2D eigenvalue weighted by atomic mass is 10.1. The first-order valence-corrected chi connectivity index (χ1v) is 8.56.